The van der Waals surface area contributed by atoms with Gasteiger partial charge < -0.3 is 15.0 Å². The average Bonchev–Trinajstić information content (AvgIpc) is 2.90. The second-order valence-electron chi connectivity index (χ2n) is 12.8. The van der Waals surface area contributed by atoms with Gasteiger partial charge in [-0.1, -0.05) is 38.0 Å². The monoisotopic (exact) mass is 578 g/mol. The molecule has 216 valence electrons. The van der Waals surface area contributed by atoms with Crippen LogP contribution in [0.1, 0.15) is 88.3 Å². The van der Waals surface area contributed by atoms with E-state index in [1.54, 1.807) is 7.11 Å². The molecular weight excluding hydrogens is 533 g/mol. The van der Waals surface area contributed by atoms with Crippen molar-refractivity contribution in [3.8, 4) is 18.1 Å². The third kappa shape index (κ3) is 5.25. The van der Waals surface area contributed by atoms with Crippen LogP contribution in [0.4, 0.5) is 5.69 Å². The number of carbonyl (C=O) groups excluding carboxylic acids is 1. The molecule has 2 aromatic rings. The number of rotatable bonds is 7. The molecule has 40 heavy (non-hydrogen) atoms. The number of ether oxygens (including phenoxy) is 1. The lowest BCUT2D eigenvalue weighted by Crippen LogP contribution is -2.57. The molecule has 6 heteroatoms. The lowest BCUT2D eigenvalue weighted by molar-refractivity contribution is -0.134. The Morgan fingerprint density at radius 3 is 2.23 bits per heavy atom. The van der Waals surface area contributed by atoms with Crippen molar-refractivity contribution in [2.75, 3.05) is 12.4 Å². The summed E-state index contributed by atoms with van der Waals surface area (Å²) in [5.41, 5.74) is 4.29. The van der Waals surface area contributed by atoms with Gasteiger partial charge in [0.1, 0.15) is 5.75 Å². The zero-order valence-corrected chi connectivity index (χ0v) is 26.3. The van der Waals surface area contributed by atoms with E-state index in [0.29, 0.717) is 0 Å². The van der Waals surface area contributed by atoms with Crippen molar-refractivity contribution in [3.05, 3.63) is 59.2 Å². The molecule has 4 nitrogen and oxygen atoms in total. The van der Waals surface area contributed by atoms with Gasteiger partial charge in [0.05, 0.1) is 12.6 Å². The molecule has 1 amide bonds. The Morgan fingerprint density at radius 2 is 1.68 bits per heavy atom. The molecule has 7 rings (SSSR count). The van der Waals surface area contributed by atoms with E-state index >= 15 is 0 Å². The highest BCUT2D eigenvalue weighted by Crippen LogP contribution is 2.56. The molecule has 1 N–H and O–H groups in total. The van der Waals surface area contributed by atoms with Gasteiger partial charge in [-0.3, -0.25) is 4.79 Å². The molecule has 2 aromatic carbocycles. The average molecular weight is 579 g/mol. The largest absolute Gasteiger partial charge is 0.497 e. The van der Waals surface area contributed by atoms with Crippen molar-refractivity contribution < 1.29 is 9.53 Å². The van der Waals surface area contributed by atoms with Crippen molar-refractivity contribution in [1.29, 1.82) is 0 Å². The molecule has 0 unspecified atom stereocenters. The van der Waals surface area contributed by atoms with E-state index in [0.717, 1.165) is 60.3 Å². The lowest BCUT2D eigenvalue weighted by Gasteiger charge is -2.57. The Kier molecular flexibility index (Phi) is 9.17. The van der Waals surface area contributed by atoms with Crippen LogP contribution < -0.4 is 10.1 Å². The van der Waals surface area contributed by atoms with E-state index in [4.69, 9.17) is 11.2 Å². The van der Waals surface area contributed by atoms with E-state index in [2.05, 4.69) is 61.5 Å². The molecule has 5 aliphatic rings. The number of terminal acetylenes is 1. The summed E-state index contributed by atoms with van der Waals surface area (Å²) in [5.74, 6) is 5.81. The van der Waals surface area contributed by atoms with Gasteiger partial charge in [-0.15, -0.1) is 6.42 Å². The molecule has 1 aliphatic heterocycles. The first kappa shape index (κ1) is 30.7. The van der Waals surface area contributed by atoms with Crippen LogP contribution in [0.15, 0.2) is 42.5 Å². The maximum Gasteiger partial charge on any atom is 0.299 e. The Hall–Kier alpha value is -2.23. The lowest BCUT2D eigenvalue weighted by atomic mass is 9.53. The smallest absolute Gasteiger partial charge is 0.299 e. The number of carbonyl (C=O) groups is 1. The number of hydrogen-bond acceptors (Lipinski definition) is 3. The fraction of sp³-hybridized carbons (Fsp3) is 0.559. The molecule has 0 spiro atoms. The maximum absolute atomic E-state index is 13.4. The minimum atomic E-state index is -0.652. The number of unbranched alkanes of at least 4 members (excludes halogenated alkanes) is 1. The number of nitrogens with zero attached hydrogens (tertiary/aromatic N) is 1. The fourth-order valence-electron chi connectivity index (χ4n) is 9.03. The highest BCUT2D eigenvalue weighted by molar-refractivity contribution is 7.59. The Bertz CT molecular complexity index is 1220. The third-order valence-electron chi connectivity index (χ3n) is 10.3. The quantitative estimate of drug-likeness (QED) is 0.355. The van der Waals surface area contributed by atoms with Crippen LogP contribution in [-0.2, 0) is 16.8 Å². The van der Waals surface area contributed by atoms with Crippen molar-refractivity contribution in [3.63, 3.8) is 0 Å². The summed E-state index contributed by atoms with van der Waals surface area (Å²) in [6, 6.07) is 15.2. The maximum atomic E-state index is 13.4. The number of amides is 1. The van der Waals surface area contributed by atoms with Gasteiger partial charge in [-0.25, -0.2) is 0 Å². The predicted molar refractivity (Wildman–Crippen MR) is 174 cm³/mol. The Labute approximate surface area is 254 Å². The van der Waals surface area contributed by atoms with Crippen molar-refractivity contribution >= 4 is 38.6 Å². The van der Waals surface area contributed by atoms with E-state index < -0.39 is 5.54 Å². The van der Waals surface area contributed by atoms with E-state index in [9.17, 15) is 4.79 Å². The Morgan fingerprint density at radius 1 is 1.05 bits per heavy atom. The van der Waals surface area contributed by atoms with Gasteiger partial charge in [0.2, 0.25) is 0 Å². The van der Waals surface area contributed by atoms with Crippen LogP contribution in [0.25, 0.3) is 0 Å². The minimum absolute atomic E-state index is 0. The molecule has 4 fully saturated rings. The summed E-state index contributed by atoms with van der Waals surface area (Å²) in [5, 5.41) is 4.02. The van der Waals surface area contributed by atoms with Gasteiger partial charge in [0.25, 0.3) is 5.91 Å². The van der Waals surface area contributed by atoms with Gasteiger partial charge in [0.15, 0.2) is 0 Å². The van der Waals surface area contributed by atoms with Crippen LogP contribution >= 0.6 is 27.0 Å². The fourth-order valence-corrected chi connectivity index (χ4v) is 9.03. The first-order chi connectivity index (χ1) is 18.4. The standard InChI is InChI=1S/C34H42N2O2.2H2S/c1-5-7-8-29-18-26-19-30(38-4)13-14-31(26)33(3,36(29)32(37)6-2)27-9-11-28(12-10-27)35-34-20-23-15-24(21-34)17-25(16-23)22-34;;/h2,9-14,19,23-25,29,35H,5,7-8,15-18,20-22H2,1,3-4H3;2*1H2/t23?,24?,25?,29-,33-,34?;;/m0../s1. The van der Waals surface area contributed by atoms with E-state index in [1.807, 2.05) is 11.0 Å². The van der Waals surface area contributed by atoms with E-state index in [-0.39, 0.29) is 44.5 Å². The van der Waals surface area contributed by atoms with Gasteiger partial charge >= 0.3 is 0 Å². The van der Waals surface area contributed by atoms with Crippen LogP contribution in [0.2, 0.25) is 0 Å². The number of hydrogen-bond donors (Lipinski definition) is 1. The molecule has 2 atom stereocenters. The van der Waals surface area contributed by atoms with E-state index in [1.165, 1.54) is 49.8 Å². The summed E-state index contributed by atoms with van der Waals surface area (Å²) in [6.07, 6.45) is 17.9. The minimum Gasteiger partial charge on any atom is -0.497 e. The predicted octanol–water partition coefficient (Wildman–Crippen LogP) is 7.14. The molecule has 0 saturated heterocycles. The van der Waals surface area contributed by atoms with Gasteiger partial charge in [-0.05, 0) is 123 Å². The van der Waals surface area contributed by atoms with Crippen LogP contribution in [0.3, 0.4) is 0 Å². The number of anilines is 1. The summed E-state index contributed by atoms with van der Waals surface area (Å²) < 4.78 is 5.58. The molecule has 0 radical (unpaired) electrons. The summed E-state index contributed by atoms with van der Waals surface area (Å²) >= 11 is 0. The molecule has 4 saturated carbocycles. The zero-order valence-electron chi connectivity index (χ0n) is 24.3. The molecule has 0 aromatic heterocycles. The first-order valence-corrected chi connectivity index (χ1v) is 14.7. The second kappa shape index (κ2) is 11.9. The zero-order chi connectivity index (χ0) is 26.5. The van der Waals surface area contributed by atoms with Gasteiger partial charge in [-0.2, -0.15) is 27.0 Å². The van der Waals surface area contributed by atoms with Crippen molar-refractivity contribution in [1.82, 2.24) is 4.90 Å². The number of methoxy groups -OCH3 is 1. The normalized spacial score (nSPS) is 31.3. The SMILES string of the molecule is C#CC(=O)N1[C@@H](CCCC)Cc2cc(OC)ccc2[C@]1(C)c1ccc(NC23CC4CC(CC(C4)C2)C3)cc1.S.S. The first-order valence-electron chi connectivity index (χ1n) is 14.7. The van der Waals surface area contributed by atoms with Crippen molar-refractivity contribution in [2.45, 2.75) is 95.2 Å². The van der Waals surface area contributed by atoms with Crippen molar-refractivity contribution in [2.24, 2.45) is 17.8 Å². The number of benzene rings is 2. The summed E-state index contributed by atoms with van der Waals surface area (Å²) in [4.78, 5) is 15.4. The van der Waals surface area contributed by atoms with Gasteiger partial charge in [0, 0.05) is 17.3 Å². The highest BCUT2D eigenvalue weighted by Gasteiger charge is 2.51. The number of nitrogens with one attached hydrogen (secondary N) is 1. The van der Waals surface area contributed by atoms with Crippen LogP contribution in [0.5, 0.6) is 5.75 Å². The van der Waals surface area contributed by atoms with Crippen LogP contribution in [-0.4, -0.2) is 29.5 Å². The molecule has 4 bridgehead atoms. The molecule has 4 aliphatic carbocycles. The number of fused-ring (bicyclic) bond motifs is 1. The molecular formula is C34H46N2O2S2. The molecule has 1 heterocycles. The topological polar surface area (TPSA) is 41.6 Å². The summed E-state index contributed by atoms with van der Waals surface area (Å²) in [7, 11) is 1.71. The van der Waals surface area contributed by atoms with Crippen LogP contribution in [0, 0.1) is 30.1 Å². The Balaban J connectivity index is 0.00000185. The highest BCUT2D eigenvalue weighted by atomic mass is 32.1. The summed E-state index contributed by atoms with van der Waals surface area (Å²) in [6.45, 7) is 4.37. The third-order valence-corrected chi connectivity index (χ3v) is 10.3. The second-order valence-corrected chi connectivity index (χ2v) is 12.8.